The number of ether oxygens (including phenoxy) is 1. The van der Waals surface area contributed by atoms with Gasteiger partial charge in [-0.25, -0.2) is 4.98 Å². The second-order valence-electron chi connectivity index (χ2n) is 7.02. The van der Waals surface area contributed by atoms with Crippen molar-refractivity contribution in [2.45, 2.75) is 36.7 Å². The van der Waals surface area contributed by atoms with E-state index in [1.165, 1.54) is 49.4 Å². The van der Waals surface area contributed by atoms with E-state index in [2.05, 4.69) is 19.9 Å². The van der Waals surface area contributed by atoms with Gasteiger partial charge in [0, 0.05) is 12.1 Å². The summed E-state index contributed by atoms with van der Waals surface area (Å²) in [6.45, 7) is 5.89. The van der Waals surface area contributed by atoms with Crippen LogP contribution >= 0.6 is 33.9 Å². The SMILES string of the molecule is Cc1nc(-c2cccc(OC(F)(F)I)c2)sc1C(=O)NCCCCN1CCCC1. The van der Waals surface area contributed by atoms with Crippen molar-refractivity contribution in [3.05, 3.63) is 34.8 Å². The topological polar surface area (TPSA) is 54.5 Å². The number of nitrogens with zero attached hydrogens (tertiary/aromatic N) is 2. The van der Waals surface area contributed by atoms with Crippen LogP contribution < -0.4 is 10.1 Å². The molecule has 0 radical (unpaired) electrons. The molecule has 1 fully saturated rings. The lowest BCUT2D eigenvalue weighted by Crippen LogP contribution is -2.26. The summed E-state index contributed by atoms with van der Waals surface area (Å²) < 4.78 is 27.5. The normalized spacial score (nSPS) is 14.9. The first kappa shape index (κ1) is 22.4. The van der Waals surface area contributed by atoms with Gasteiger partial charge in [-0.3, -0.25) is 4.79 Å². The Morgan fingerprint density at radius 3 is 2.83 bits per heavy atom. The lowest BCUT2D eigenvalue weighted by molar-refractivity contribution is -0.0691. The Morgan fingerprint density at radius 1 is 1.34 bits per heavy atom. The number of nitrogens with one attached hydrogen (secondary N) is 1. The molecular formula is C20H24F2IN3O2S. The molecule has 0 aliphatic carbocycles. The number of rotatable bonds is 9. The number of hydrogen-bond acceptors (Lipinski definition) is 5. The predicted molar refractivity (Wildman–Crippen MR) is 119 cm³/mol. The van der Waals surface area contributed by atoms with E-state index in [9.17, 15) is 13.6 Å². The maximum absolute atomic E-state index is 13.1. The fraction of sp³-hybridized carbons (Fsp3) is 0.500. The molecule has 1 aliphatic rings. The van der Waals surface area contributed by atoms with E-state index in [0.29, 0.717) is 27.7 Å². The van der Waals surface area contributed by atoms with Crippen LogP contribution in [0.25, 0.3) is 10.6 Å². The number of hydrogen-bond donors (Lipinski definition) is 1. The summed E-state index contributed by atoms with van der Waals surface area (Å²) >= 11 is 2.18. The number of halogens is 3. The highest BCUT2D eigenvalue weighted by atomic mass is 127. The van der Waals surface area contributed by atoms with Crippen LogP contribution in [0.15, 0.2) is 24.3 Å². The summed E-state index contributed by atoms with van der Waals surface area (Å²) in [5, 5.41) is 3.56. The molecule has 3 rings (SSSR count). The van der Waals surface area contributed by atoms with Gasteiger partial charge in [-0.15, -0.1) is 11.3 Å². The zero-order valence-corrected chi connectivity index (χ0v) is 19.2. The summed E-state index contributed by atoms with van der Waals surface area (Å²) in [5.74, 6) is -0.0858. The molecule has 0 saturated carbocycles. The highest BCUT2D eigenvalue weighted by Gasteiger charge is 2.26. The van der Waals surface area contributed by atoms with Crippen molar-refractivity contribution in [3.8, 4) is 16.3 Å². The number of alkyl halides is 3. The maximum atomic E-state index is 13.1. The Hall–Kier alpha value is -1.33. The van der Waals surface area contributed by atoms with Crippen molar-refractivity contribution in [3.63, 3.8) is 0 Å². The minimum absolute atomic E-state index is 0.0544. The fourth-order valence-corrected chi connectivity index (χ4v) is 4.54. The van der Waals surface area contributed by atoms with Gasteiger partial charge in [0.05, 0.1) is 28.3 Å². The largest absolute Gasteiger partial charge is 0.451 e. The number of aryl methyl sites for hydroxylation is 1. The molecule has 0 atom stereocenters. The molecule has 29 heavy (non-hydrogen) atoms. The number of carbonyl (C=O) groups is 1. The van der Waals surface area contributed by atoms with Gasteiger partial charge >= 0.3 is 4.12 Å². The van der Waals surface area contributed by atoms with Crippen molar-refractivity contribution in [2.24, 2.45) is 0 Å². The summed E-state index contributed by atoms with van der Waals surface area (Å²) in [6.07, 6.45) is 4.59. The van der Waals surface area contributed by atoms with Crippen molar-refractivity contribution in [1.29, 1.82) is 0 Å². The van der Waals surface area contributed by atoms with Gasteiger partial charge in [0.1, 0.15) is 15.6 Å². The van der Waals surface area contributed by atoms with Crippen LogP contribution in [-0.2, 0) is 0 Å². The molecule has 1 aromatic heterocycles. The van der Waals surface area contributed by atoms with E-state index >= 15 is 0 Å². The average molecular weight is 535 g/mol. The Kier molecular flexibility index (Phi) is 7.80. The van der Waals surface area contributed by atoms with Crippen molar-refractivity contribution < 1.29 is 18.3 Å². The zero-order chi connectivity index (χ0) is 20.9. The van der Waals surface area contributed by atoms with Crippen molar-refractivity contribution >= 4 is 39.8 Å². The van der Waals surface area contributed by atoms with E-state index < -0.39 is 4.12 Å². The minimum Gasteiger partial charge on any atom is -0.425 e. The number of carbonyl (C=O) groups excluding carboxylic acids is 1. The molecule has 2 aromatic rings. The second kappa shape index (κ2) is 10.1. The molecule has 2 heterocycles. The predicted octanol–water partition coefficient (Wildman–Crippen LogP) is 5.09. The Balaban J connectivity index is 1.55. The van der Waals surface area contributed by atoms with Gasteiger partial charge in [0.2, 0.25) is 0 Å². The Labute approximate surface area is 187 Å². The van der Waals surface area contributed by atoms with E-state index in [1.54, 1.807) is 19.1 Å². The summed E-state index contributed by atoms with van der Waals surface area (Å²) in [5.41, 5.74) is 1.27. The number of aromatic nitrogens is 1. The highest BCUT2D eigenvalue weighted by Crippen LogP contribution is 2.33. The zero-order valence-electron chi connectivity index (χ0n) is 16.2. The smallest absolute Gasteiger partial charge is 0.425 e. The van der Waals surface area contributed by atoms with Gasteiger partial charge in [-0.05, 0) is 64.4 Å². The third kappa shape index (κ3) is 6.85. The first-order valence-electron chi connectivity index (χ1n) is 9.66. The lowest BCUT2D eigenvalue weighted by Gasteiger charge is -2.13. The van der Waals surface area contributed by atoms with E-state index in [-0.39, 0.29) is 11.7 Å². The molecule has 1 N–H and O–H groups in total. The van der Waals surface area contributed by atoms with Gasteiger partial charge in [0.25, 0.3) is 5.91 Å². The molecule has 1 aromatic carbocycles. The van der Waals surface area contributed by atoms with Crippen LogP contribution in [-0.4, -0.2) is 46.1 Å². The summed E-state index contributed by atoms with van der Waals surface area (Å²) in [7, 11) is 0. The average Bonchev–Trinajstić information content (AvgIpc) is 3.30. The Morgan fingerprint density at radius 2 is 2.10 bits per heavy atom. The molecular weight excluding hydrogens is 511 g/mol. The number of unbranched alkanes of at least 4 members (excludes halogenated alkanes) is 1. The van der Waals surface area contributed by atoms with E-state index in [0.717, 1.165) is 42.0 Å². The maximum Gasteiger partial charge on any atom is 0.451 e. The number of benzene rings is 1. The van der Waals surface area contributed by atoms with Gasteiger partial charge in [-0.2, -0.15) is 8.78 Å². The van der Waals surface area contributed by atoms with E-state index in [4.69, 9.17) is 0 Å². The number of likely N-dealkylation sites (tertiary alicyclic amines) is 1. The quantitative estimate of drug-likeness (QED) is 0.276. The third-order valence-corrected chi connectivity index (χ3v) is 6.13. The first-order valence-corrected chi connectivity index (χ1v) is 11.6. The van der Waals surface area contributed by atoms with Gasteiger partial charge in [-0.1, -0.05) is 12.1 Å². The molecule has 1 aliphatic heterocycles. The summed E-state index contributed by atoms with van der Waals surface area (Å²) in [6, 6.07) is 6.36. The van der Waals surface area contributed by atoms with Crippen LogP contribution in [0.5, 0.6) is 5.75 Å². The second-order valence-corrected chi connectivity index (χ2v) is 9.28. The monoisotopic (exact) mass is 535 g/mol. The minimum atomic E-state index is -3.28. The van der Waals surface area contributed by atoms with E-state index in [1.807, 2.05) is 0 Å². The van der Waals surface area contributed by atoms with Crippen LogP contribution in [0.3, 0.4) is 0 Å². The van der Waals surface area contributed by atoms with Crippen molar-refractivity contribution in [2.75, 3.05) is 26.2 Å². The molecule has 9 heteroatoms. The molecule has 5 nitrogen and oxygen atoms in total. The molecule has 0 unspecified atom stereocenters. The number of thiazole rings is 1. The number of amides is 1. The molecule has 158 valence electrons. The molecule has 1 saturated heterocycles. The van der Waals surface area contributed by atoms with Crippen molar-refractivity contribution in [1.82, 2.24) is 15.2 Å². The standard InChI is InChI=1S/C20H24F2IN3O2S/c1-14-17(18(27)24-9-2-3-10-26-11-4-5-12-26)29-19(25-14)15-7-6-8-16(13-15)28-20(21,22)23/h6-8,13H,2-5,9-12H2,1H3,(H,24,27). The van der Waals surface area contributed by atoms with Gasteiger partial charge in [0.15, 0.2) is 0 Å². The third-order valence-electron chi connectivity index (χ3n) is 4.70. The van der Waals surface area contributed by atoms with Crippen LogP contribution in [0.4, 0.5) is 8.78 Å². The highest BCUT2D eigenvalue weighted by molar-refractivity contribution is 14.1. The molecule has 0 bridgehead atoms. The first-order chi connectivity index (χ1) is 13.8. The van der Waals surface area contributed by atoms with Crippen LogP contribution in [0.1, 0.15) is 41.0 Å². The van der Waals surface area contributed by atoms with Crippen LogP contribution in [0.2, 0.25) is 0 Å². The van der Waals surface area contributed by atoms with Gasteiger partial charge < -0.3 is 15.0 Å². The van der Waals surface area contributed by atoms with Crippen LogP contribution in [0, 0.1) is 6.92 Å². The molecule has 0 spiro atoms. The fourth-order valence-electron chi connectivity index (χ4n) is 3.31. The summed E-state index contributed by atoms with van der Waals surface area (Å²) in [4.78, 5) is 20.0. The lowest BCUT2D eigenvalue weighted by atomic mass is 10.2. The Bertz CT molecular complexity index is 835. The molecule has 1 amide bonds.